The maximum atomic E-state index is 12.4. The molecule has 3 amide bonds. The molecule has 1 aliphatic heterocycles. The van der Waals surface area contributed by atoms with Gasteiger partial charge in [-0.25, -0.2) is 0 Å². The van der Waals surface area contributed by atoms with Crippen LogP contribution in [0.3, 0.4) is 0 Å². The maximum absolute atomic E-state index is 12.4. The largest absolute Gasteiger partial charge is 0.315 e. The van der Waals surface area contributed by atoms with Gasteiger partial charge in [0.15, 0.2) is 0 Å². The van der Waals surface area contributed by atoms with Gasteiger partial charge in [-0.15, -0.1) is 0 Å². The van der Waals surface area contributed by atoms with E-state index < -0.39 is 17.4 Å². The summed E-state index contributed by atoms with van der Waals surface area (Å²) in [7, 11) is 0. The quantitative estimate of drug-likeness (QED) is 0.787. The number of hydrogen-bond acceptors (Lipinski definition) is 3. The van der Waals surface area contributed by atoms with Crippen LogP contribution in [0.2, 0.25) is 5.02 Å². The van der Waals surface area contributed by atoms with Crippen molar-refractivity contribution in [3.05, 3.63) is 34.9 Å². The fourth-order valence-electron chi connectivity index (χ4n) is 1.86. The number of piperazine rings is 1. The first kappa shape index (κ1) is 13.5. The Hall–Kier alpha value is -1.88. The molecule has 6 heteroatoms. The lowest BCUT2D eigenvalue weighted by Gasteiger charge is -2.40. The van der Waals surface area contributed by atoms with E-state index in [-0.39, 0.29) is 12.5 Å². The number of carbonyl (C=O) groups is 3. The summed E-state index contributed by atoms with van der Waals surface area (Å²) in [6.45, 7) is 3.06. The minimum Gasteiger partial charge on any atom is -0.315 e. The number of nitrogens with one attached hydrogen (secondary N) is 1. The van der Waals surface area contributed by atoms with Crippen molar-refractivity contribution in [1.29, 1.82) is 0 Å². The van der Waals surface area contributed by atoms with E-state index in [9.17, 15) is 14.4 Å². The Labute approximate surface area is 115 Å². The molecule has 100 valence electrons. The maximum Gasteiger partial charge on any atom is 0.255 e. The zero-order chi connectivity index (χ0) is 14.2. The van der Waals surface area contributed by atoms with Crippen LogP contribution in [0.1, 0.15) is 24.2 Å². The van der Waals surface area contributed by atoms with E-state index in [0.717, 1.165) is 0 Å². The molecule has 1 aromatic carbocycles. The molecule has 0 atom stereocenters. The smallest absolute Gasteiger partial charge is 0.255 e. The lowest BCUT2D eigenvalue weighted by Crippen LogP contribution is -2.65. The number of nitrogens with zero attached hydrogens (tertiary/aromatic N) is 1. The molecule has 5 nitrogen and oxygen atoms in total. The Morgan fingerprint density at radius 3 is 2.42 bits per heavy atom. The van der Waals surface area contributed by atoms with E-state index in [2.05, 4.69) is 5.32 Å². The summed E-state index contributed by atoms with van der Waals surface area (Å²) in [6.07, 6.45) is 0. The van der Waals surface area contributed by atoms with Gasteiger partial charge in [-0.3, -0.25) is 19.7 Å². The fourth-order valence-corrected chi connectivity index (χ4v) is 1.98. The predicted octanol–water partition coefficient (Wildman–Crippen LogP) is 1.22. The van der Waals surface area contributed by atoms with Crippen LogP contribution in [0.25, 0.3) is 0 Å². The van der Waals surface area contributed by atoms with Gasteiger partial charge in [-0.05, 0) is 38.1 Å². The molecule has 0 aliphatic carbocycles. The molecule has 1 fully saturated rings. The number of rotatable bonds is 1. The minimum absolute atomic E-state index is 0.139. The van der Waals surface area contributed by atoms with Gasteiger partial charge in [-0.1, -0.05) is 11.6 Å². The second-order valence-electron chi connectivity index (χ2n) is 4.83. The van der Waals surface area contributed by atoms with Crippen LogP contribution in [0.5, 0.6) is 0 Å². The number of amides is 3. The van der Waals surface area contributed by atoms with E-state index in [1.807, 2.05) is 0 Å². The van der Waals surface area contributed by atoms with Crippen molar-refractivity contribution >= 4 is 29.3 Å². The van der Waals surface area contributed by atoms with E-state index in [1.54, 1.807) is 38.1 Å². The second-order valence-corrected chi connectivity index (χ2v) is 5.27. The molecule has 1 aromatic rings. The zero-order valence-electron chi connectivity index (χ0n) is 10.6. The molecule has 1 heterocycles. The average molecular weight is 281 g/mol. The first-order valence-corrected chi connectivity index (χ1v) is 6.12. The predicted molar refractivity (Wildman–Crippen MR) is 69.7 cm³/mol. The van der Waals surface area contributed by atoms with Crippen molar-refractivity contribution in [2.24, 2.45) is 0 Å². The third-order valence-electron chi connectivity index (χ3n) is 3.12. The molecular formula is C13H13ClN2O3. The van der Waals surface area contributed by atoms with Gasteiger partial charge in [0.1, 0.15) is 12.1 Å². The summed E-state index contributed by atoms with van der Waals surface area (Å²) in [5, 5.41) is 2.74. The Balaban J connectivity index is 2.33. The topological polar surface area (TPSA) is 66.5 Å². The van der Waals surface area contributed by atoms with Gasteiger partial charge in [0.25, 0.3) is 11.8 Å². The van der Waals surface area contributed by atoms with Crippen LogP contribution in [0, 0.1) is 0 Å². The highest BCUT2D eigenvalue weighted by molar-refractivity contribution is 6.30. The molecule has 0 unspecified atom stereocenters. The molecule has 0 bridgehead atoms. The lowest BCUT2D eigenvalue weighted by molar-refractivity contribution is -0.143. The second kappa shape index (κ2) is 4.66. The van der Waals surface area contributed by atoms with Gasteiger partial charge in [0.2, 0.25) is 5.91 Å². The van der Waals surface area contributed by atoms with Crippen LogP contribution < -0.4 is 5.32 Å². The van der Waals surface area contributed by atoms with Crippen LogP contribution in [-0.2, 0) is 9.59 Å². The third-order valence-corrected chi connectivity index (χ3v) is 3.37. The zero-order valence-corrected chi connectivity index (χ0v) is 11.3. The molecule has 1 N–H and O–H groups in total. The molecule has 0 spiro atoms. The van der Waals surface area contributed by atoms with Crippen molar-refractivity contribution in [2.75, 3.05) is 6.54 Å². The van der Waals surface area contributed by atoms with Gasteiger partial charge in [-0.2, -0.15) is 0 Å². The van der Waals surface area contributed by atoms with Crippen LogP contribution in [0.15, 0.2) is 24.3 Å². The van der Waals surface area contributed by atoms with Crippen molar-refractivity contribution in [2.45, 2.75) is 19.4 Å². The van der Waals surface area contributed by atoms with Crippen molar-refractivity contribution in [1.82, 2.24) is 10.2 Å². The highest BCUT2D eigenvalue weighted by atomic mass is 35.5. The number of halogens is 1. The van der Waals surface area contributed by atoms with Crippen LogP contribution in [-0.4, -0.2) is 34.7 Å². The monoisotopic (exact) mass is 280 g/mol. The average Bonchev–Trinajstić information content (AvgIpc) is 2.34. The molecular weight excluding hydrogens is 268 g/mol. The van der Waals surface area contributed by atoms with Gasteiger partial charge >= 0.3 is 0 Å². The standard InChI is InChI=1S/C13H13ClN2O3/c1-13(2)12(19)15-10(17)7-16(13)11(18)8-3-5-9(14)6-4-8/h3-6H,7H2,1-2H3,(H,15,17,19). The van der Waals surface area contributed by atoms with Crippen molar-refractivity contribution in [3.63, 3.8) is 0 Å². The van der Waals surface area contributed by atoms with Gasteiger partial charge in [0, 0.05) is 10.6 Å². The van der Waals surface area contributed by atoms with Gasteiger partial charge in [0.05, 0.1) is 0 Å². The summed E-state index contributed by atoms with van der Waals surface area (Å²) in [5.41, 5.74) is -0.676. The summed E-state index contributed by atoms with van der Waals surface area (Å²) < 4.78 is 0. The SMILES string of the molecule is CC1(C)C(=O)NC(=O)CN1C(=O)c1ccc(Cl)cc1. The van der Waals surface area contributed by atoms with E-state index in [1.165, 1.54) is 4.90 Å². The first-order chi connectivity index (χ1) is 8.82. The summed E-state index contributed by atoms with van der Waals surface area (Å²) in [6, 6.07) is 6.32. The first-order valence-electron chi connectivity index (χ1n) is 5.74. The minimum atomic E-state index is -1.06. The number of benzene rings is 1. The number of carbonyl (C=O) groups excluding carboxylic acids is 3. The number of hydrogen-bond donors (Lipinski definition) is 1. The van der Waals surface area contributed by atoms with E-state index in [0.29, 0.717) is 10.6 Å². The Kier molecular flexibility index (Phi) is 3.32. The van der Waals surface area contributed by atoms with Crippen molar-refractivity contribution < 1.29 is 14.4 Å². The molecule has 1 saturated heterocycles. The summed E-state index contributed by atoms with van der Waals surface area (Å²) >= 11 is 5.76. The fraction of sp³-hybridized carbons (Fsp3) is 0.308. The normalized spacial score (nSPS) is 18.2. The highest BCUT2D eigenvalue weighted by Crippen LogP contribution is 2.21. The third kappa shape index (κ3) is 2.46. The molecule has 0 saturated carbocycles. The van der Waals surface area contributed by atoms with Gasteiger partial charge < -0.3 is 4.90 Å². The Morgan fingerprint density at radius 2 is 1.84 bits per heavy atom. The molecule has 1 aliphatic rings. The summed E-state index contributed by atoms with van der Waals surface area (Å²) in [4.78, 5) is 36.8. The Morgan fingerprint density at radius 1 is 1.26 bits per heavy atom. The highest BCUT2D eigenvalue weighted by Gasteiger charge is 2.43. The van der Waals surface area contributed by atoms with Crippen LogP contribution in [0.4, 0.5) is 0 Å². The molecule has 0 radical (unpaired) electrons. The van der Waals surface area contributed by atoms with E-state index >= 15 is 0 Å². The lowest BCUT2D eigenvalue weighted by atomic mass is 9.97. The van der Waals surface area contributed by atoms with Crippen molar-refractivity contribution in [3.8, 4) is 0 Å². The summed E-state index contributed by atoms with van der Waals surface area (Å²) in [5.74, 6) is -1.33. The molecule has 19 heavy (non-hydrogen) atoms. The van der Waals surface area contributed by atoms with Crippen LogP contribution >= 0.6 is 11.6 Å². The molecule has 0 aromatic heterocycles. The number of imide groups is 1. The molecule has 2 rings (SSSR count). The Bertz CT molecular complexity index is 552. The van der Waals surface area contributed by atoms with E-state index in [4.69, 9.17) is 11.6 Å².